The first-order valence-electron chi connectivity index (χ1n) is 11.4. The van der Waals surface area contributed by atoms with Gasteiger partial charge in [-0.3, -0.25) is 9.69 Å². The number of piperidine rings is 1. The largest absolute Gasteiger partial charge is 0.497 e. The minimum absolute atomic E-state index is 0.0508. The summed E-state index contributed by atoms with van der Waals surface area (Å²) >= 11 is 0. The molecule has 1 amide bonds. The number of hydrogen-bond acceptors (Lipinski definition) is 6. The SMILES string of the molecule is COc1ccc(NC(=O)CN2CC[C@@]3(O)CCCC[C@@H]3[C@@H]2c2ccc3c(c2)OCO3)cc1. The van der Waals surface area contributed by atoms with Gasteiger partial charge in [0.1, 0.15) is 5.75 Å². The van der Waals surface area contributed by atoms with Gasteiger partial charge in [0.15, 0.2) is 11.5 Å². The molecule has 2 heterocycles. The van der Waals surface area contributed by atoms with Crippen LogP contribution >= 0.6 is 0 Å². The molecule has 7 nitrogen and oxygen atoms in total. The summed E-state index contributed by atoms with van der Waals surface area (Å²) in [6, 6.07) is 13.3. The molecule has 3 atom stereocenters. The summed E-state index contributed by atoms with van der Waals surface area (Å²) < 4.78 is 16.3. The van der Waals surface area contributed by atoms with Gasteiger partial charge in [0.05, 0.1) is 19.3 Å². The third-order valence-electron chi connectivity index (χ3n) is 7.13. The fraction of sp³-hybridized carbons (Fsp3) is 0.480. The topological polar surface area (TPSA) is 80.3 Å². The number of ether oxygens (including phenoxy) is 3. The number of carbonyl (C=O) groups excluding carboxylic acids is 1. The number of amides is 1. The molecular weight excluding hydrogens is 408 g/mol. The molecule has 0 aromatic heterocycles. The number of rotatable bonds is 5. The number of nitrogens with zero attached hydrogens (tertiary/aromatic N) is 1. The van der Waals surface area contributed by atoms with E-state index in [-0.39, 0.29) is 31.2 Å². The highest BCUT2D eigenvalue weighted by molar-refractivity contribution is 5.92. The summed E-state index contributed by atoms with van der Waals surface area (Å²) in [6.45, 7) is 1.16. The summed E-state index contributed by atoms with van der Waals surface area (Å²) in [5.41, 5.74) is 1.13. The van der Waals surface area contributed by atoms with Crippen LogP contribution in [-0.4, -0.2) is 48.5 Å². The van der Waals surface area contributed by atoms with Crippen LogP contribution in [0.4, 0.5) is 5.69 Å². The smallest absolute Gasteiger partial charge is 0.238 e. The van der Waals surface area contributed by atoms with Crippen LogP contribution in [0.1, 0.15) is 43.7 Å². The van der Waals surface area contributed by atoms with E-state index in [1.54, 1.807) is 7.11 Å². The van der Waals surface area contributed by atoms with Crippen molar-refractivity contribution in [3.05, 3.63) is 48.0 Å². The number of carbonyl (C=O) groups is 1. The van der Waals surface area contributed by atoms with Crippen LogP contribution in [-0.2, 0) is 4.79 Å². The fourth-order valence-corrected chi connectivity index (χ4v) is 5.52. The van der Waals surface area contributed by atoms with Gasteiger partial charge in [0.25, 0.3) is 0 Å². The second-order valence-electron chi connectivity index (χ2n) is 9.01. The third kappa shape index (κ3) is 4.02. The summed E-state index contributed by atoms with van der Waals surface area (Å²) in [5, 5.41) is 14.5. The normalized spacial score (nSPS) is 26.9. The molecule has 0 spiro atoms. The molecule has 2 aliphatic heterocycles. The lowest BCUT2D eigenvalue weighted by Crippen LogP contribution is -2.56. The van der Waals surface area contributed by atoms with Crippen LogP contribution in [0.5, 0.6) is 17.2 Å². The maximum Gasteiger partial charge on any atom is 0.238 e. The predicted molar refractivity (Wildman–Crippen MR) is 120 cm³/mol. The van der Waals surface area contributed by atoms with E-state index in [1.807, 2.05) is 42.5 Å². The van der Waals surface area contributed by atoms with Gasteiger partial charge in [-0.1, -0.05) is 18.9 Å². The van der Waals surface area contributed by atoms with E-state index in [1.165, 1.54) is 0 Å². The van der Waals surface area contributed by atoms with E-state index in [2.05, 4.69) is 10.2 Å². The van der Waals surface area contributed by atoms with Crippen LogP contribution in [0.25, 0.3) is 0 Å². The summed E-state index contributed by atoms with van der Waals surface area (Å²) in [6.07, 6.45) is 4.62. The molecule has 7 heteroatoms. The predicted octanol–water partition coefficient (Wildman–Crippen LogP) is 3.73. The highest BCUT2D eigenvalue weighted by Crippen LogP contribution is 2.50. The molecular formula is C25H30N2O5. The Morgan fingerprint density at radius 3 is 2.78 bits per heavy atom. The first kappa shape index (κ1) is 21.1. The monoisotopic (exact) mass is 438 g/mol. The van der Waals surface area contributed by atoms with Crippen LogP contribution in [0, 0.1) is 5.92 Å². The van der Waals surface area contributed by atoms with Crippen molar-refractivity contribution >= 4 is 11.6 Å². The highest BCUT2D eigenvalue weighted by Gasteiger charge is 2.49. The first-order chi connectivity index (χ1) is 15.6. The van der Waals surface area contributed by atoms with Gasteiger partial charge < -0.3 is 24.6 Å². The number of benzene rings is 2. The molecule has 2 fully saturated rings. The van der Waals surface area contributed by atoms with Gasteiger partial charge in [0, 0.05) is 24.2 Å². The molecule has 2 N–H and O–H groups in total. The standard InChI is InChI=1S/C25H30N2O5/c1-30-19-8-6-18(7-9-19)26-23(28)15-27-13-12-25(29)11-3-2-4-20(25)24(27)17-5-10-21-22(14-17)32-16-31-21/h5-10,14,20,24,29H,2-4,11-13,15-16H2,1H3,(H,26,28)/t20-,24+,25+/m1/s1. The maximum absolute atomic E-state index is 12.9. The number of nitrogens with one attached hydrogen (secondary N) is 1. The Labute approximate surface area is 188 Å². The van der Waals surface area contributed by atoms with Crippen molar-refractivity contribution in [1.29, 1.82) is 0 Å². The lowest BCUT2D eigenvalue weighted by atomic mass is 9.66. The average Bonchev–Trinajstić information content (AvgIpc) is 3.27. The number of methoxy groups -OCH3 is 1. The average molecular weight is 439 g/mol. The Hall–Kier alpha value is -2.77. The molecule has 5 rings (SSSR count). The molecule has 1 aliphatic carbocycles. The Kier molecular flexibility index (Phi) is 5.69. The van der Waals surface area contributed by atoms with Gasteiger partial charge >= 0.3 is 0 Å². The van der Waals surface area contributed by atoms with Crippen molar-refractivity contribution in [1.82, 2.24) is 4.90 Å². The molecule has 0 unspecified atom stereocenters. The Morgan fingerprint density at radius 2 is 1.97 bits per heavy atom. The zero-order valence-electron chi connectivity index (χ0n) is 18.4. The Bertz CT molecular complexity index is 979. The second kappa shape index (κ2) is 8.64. The van der Waals surface area contributed by atoms with Crippen molar-refractivity contribution in [3.8, 4) is 17.2 Å². The van der Waals surface area contributed by atoms with E-state index >= 15 is 0 Å². The highest BCUT2D eigenvalue weighted by atomic mass is 16.7. The van der Waals surface area contributed by atoms with Gasteiger partial charge in [0.2, 0.25) is 12.7 Å². The van der Waals surface area contributed by atoms with E-state index in [9.17, 15) is 9.90 Å². The van der Waals surface area contributed by atoms with Crippen LogP contribution in [0.3, 0.4) is 0 Å². The number of hydrogen-bond donors (Lipinski definition) is 2. The van der Waals surface area contributed by atoms with E-state index in [4.69, 9.17) is 14.2 Å². The molecule has 1 saturated carbocycles. The molecule has 2 aromatic rings. The van der Waals surface area contributed by atoms with Gasteiger partial charge in [-0.25, -0.2) is 0 Å². The van der Waals surface area contributed by atoms with Gasteiger partial charge in [-0.15, -0.1) is 0 Å². The molecule has 1 saturated heterocycles. The van der Waals surface area contributed by atoms with Crippen molar-refractivity contribution in [2.75, 3.05) is 32.3 Å². The molecule has 170 valence electrons. The first-order valence-corrected chi connectivity index (χ1v) is 11.4. The van der Waals surface area contributed by atoms with E-state index < -0.39 is 5.60 Å². The number of fused-ring (bicyclic) bond motifs is 2. The van der Waals surface area contributed by atoms with Crippen LogP contribution in [0.15, 0.2) is 42.5 Å². The van der Waals surface area contributed by atoms with Gasteiger partial charge in [-0.2, -0.15) is 0 Å². The van der Waals surface area contributed by atoms with Crippen molar-refractivity contribution < 1.29 is 24.1 Å². The van der Waals surface area contributed by atoms with Crippen LogP contribution in [0.2, 0.25) is 0 Å². The van der Waals surface area contributed by atoms with Gasteiger partial charge in [-0.05, 0) is 61.2 Å². The summed E-state index contributed by atoms with van der Waals surface area (Å²) in [4.78, 5) is 15.2. The maximum atomic E-state index is 12.9. The molecule has 0 bridgehead atoms. The van der Waals surface area contributed by atoms with Crippen molar-refractivity contribution in [3.63, 3.8) is 0 Å². The lowest BCUT2D eigenvalue weighted by molar-refractivity contribution is -0.135. The quantitative estimate of drug-likeness (QED) is 0.741. The van der Waals surface area contributed by atoms with Crippen molar-refractivity contribution in [2.24, 2.45) is 5.92 Å². The number of likely N-dealkylation sites (tertiary alicyclic amines) is 1. The zero-order chi connectivity index (χ0) is 22.1. The minimum atomic E-state index is -0.678. The third-order valence-corrected chi connectivity index (χ3v) is 7.13. The van der Waals surface area contributed by atoms with Crippen LogP contribution < -0.4 is 19.5 Å². The summed E-state index contributed by atoms with van der Waals surface area (Å²) in [5.74, 6) is 2.24. The van der Waals surface area contributed by atoms with Crippen molar-refractivity contribution in [2.45, 2.75) is 43.7 Å². The fourth-order valence-electron chi connectivity index (χ4n) is 5.52. The second-order valence-corrected chi connectivity index (χ2v) is 9.01. The Morgan fingerprint density at radius 1 is 1.16 bits per heavy atom. The molecule has 2 aromatic carbocycles. The number of anilines is 1. The Balaban J connectivity index is 1.38. The van der Waals surface area contributed by atoms with E-state index in [0.29, 0.717) is 13.0 Å². The minimum Gasteiger partial charge on any atom is -0.497 e. The zero-order valence-corrected chi connectivity index (χ0v) is 18.4. The molecule has 0 radical (unpaired) electrons. The number of aliphatic hydroxyl groups is 1. The summed E-state index contributed by atoms with van der Waals surface area (Å²) in [7, 11) is 1.62. The van der Waals surface area contributed by atoms with E-state index in [0.717, 1.165) is 54.2 Å². The lowest BCUT2D eigenvalue weighted by Gasteiger charge is -2.52. The molecule has 3 aliphatic rings. The molecule has 32 heavy (non-hydrogen) atoms.